The lowest BCUT2D eigenvalue weighted by atomic mass is 10.2. The smallest absolute Gasteiger partial charge is 0.162 e. The Morgan fingerprint density at radius 3 is 2.30 bits per heavy atom. The topological polar surface area (TPSA) is 61.2 Å². The second-order valence-corrected chi connectivity index (χ2v) is 4.37. The Kier molecular flexibility index (Phi) is 5.06. The minimum absolute atomic E-state index is 0.531. The molecule has 2 rings (SSSR count). The molecular weight excluding hydrogens is 280 g/mol. The van der Waals surface area contributed by atoms with Gasteiger partial charge in [-0.25, -0.2) is 4.68 Å². The summed E-state index contributed by atoms with van der Waals surface area (Å²) in [6, 6.07) is 3.66. The van der Waals surface area contributed by atoms with E-state index >= 15 is 0 Å². The Balaban J connectivity index is 2.17. The third kappa shape index (κ3) is 3.54. The summed E-state index contributed by atoms with van der Waals surface area (Å²) >= 11 is 6.26. The van der Waals surface area contributed by atoms with Crippen LogP contribution in [0, 0.1) is 0 Å². The number of nitrogens with one attached hydrogen (secondary N) is 1. The van der Waals surface area contributed by atoms with Gasteiger partial charge in [-0.05, 0) is 25.5 Å². The number of nitrogens with zero attached hydrogens (tertiary/aromatic N) is 3. The van der Waals surface area contributed by atoms with Crippen LogP contribution in [0.25, 0.3) is 0 Å². The first-order chi connectivity index (χ1) is 9.74. The molecule has 0 atom stereocenters. The van der Waals surface area contributed by atoms with E-state index in [0.717, 1.165) is 5.56 Å². The van der Waals surface area contributed by atoms with Crippen molar-refractivity contribution < 1.29 is 9.47 Å². The molecule has 0 unspecified atom stereocenters. The molecule has 0 fully saturated rings. The van der Waals surface area contributed by atoms with Crippen molar-refractivity contribution in [3.63, 3.8) is 0 Å². The van der Waals surface area contributed by atoms with Crippen molar-refractivity contribution in [2.24, 2.45) is 0 Å². The summed E-state index contributed by atoms with van der Waals surface area (Å²) in [5.41, 5.74) is 4.02. The van der Waals surface area contributed by atoms with Crippen LogP contribution in [0.3, 0.4) is 0 Å². The molecule has 0 radical (unpaired) electrons. The lowest BCUT2D eigenvalue weighted by Gasteiger charge is -2.14. The highest BCUT2D eigenvalue weighted by Gasteiger charge is 2.10. The zero-order chi connectivity index (χ0) is 14.4. The highest BCUT2D eigenvalue weighted by Crippen LogP contribution is 2.33. The van der Waals surface area contributed by atoms with E-state index in [0.29, 0.717) is 36.3 Å². The number of hydrogen-bond donors (Lipinski definition) is 1. The fraction of sp³-hybridized carbons (Fsp3) is 0.385. The van der Waals surface area contributed by atoms with Crippen molar-refractivity contribution in [2.45, 2.75) is 20.4 Å². The van der Waals surface area contributed by atoms with E-state index in [-0.39, 0.29) is 0 Å². The fourth-order valence-electron chi connectivity index (χ4n) is 1.71. The third-order valence-corrected chi connectivity index (χ3v) is 2.94. The normalized spacial score (nSPS) is 10.3. The van der Waals surface area contributed by atoms with Crippen LogP contribution in [0.2, 0.25) is 5.02 Å². The van der Waals surface area contributed by atoms with E-state index < -0.39 is 0 Å². The van der Waals surface area contributed by atoms with Gasteiger partial charge in [0.25, 0.3) is 0 Å². The van der Waals surface area contributed by atoms with Gasteiger partial charge in [0.15, 0.2) is 11.5 Å². The van der Waals surface area contributed by atoms with Gasteiger partial charge in [0.2, 0.25) is 0 Å². The fourth-order valence-corrected chi connectivity index (χ4v) is 1.93. The zero-order valence-electron chi connectivity index (χ0n) is 11.5. The molecule has 0 bridgehead atoms. The average molecular weight is 297 g/mol. The van der Waals surface area contributed by atoms with Crippen molar-refractivity contribution in [1.82, 2.24) is 14.9 Å². The van der Waals surface area contributed by atoms with Crippen molar-refractivity contribution in [3.05, 3.63) is 35.4 Å². The zero-order valence-corrected chi connectivity index (χ0v) is 12.2. The Morgan fingerprint density at radius 1 is 1.10 bits per heavy atom. The Morgan fingerprint density at radius 2 is 1.70 bits per heavy atom. The first-order valence-electron chi connectivity index (χ1n) is 6.41. The van der Waals surface area contributed by atoms with Gasteiger partial charge >= 0.3 is 0 Å². The standard InChI is InChI=1S/C13H17ClN4O2/c1-3-19-12-5-10(7-17-18-8-15-16-9-18)11(14)6-13(12)20-4-2/h5-6,8-9,17H,3-4,7H2,1-2H3. The molecular formula is C13H17ClN4O2. The minimum Gasteiger partial charge on any atom is -0.490 e. The maximum atomic E-state index is 6.26. The molecule has 0 aliphatic rings. The van der Waals surface area contributed by atoms with Gasteiger partial charge in [0, 0.05) is 11.1 Å². The van der Waals surface area contributed by atoms with Crippen molar-refractivity contribution >= 4 is 11.6 Å². The van der Waals surface area contributed by atoms with Gasteiger partial charge < -0.3 is 14.9 Å². The van der Waals surface area contributed by atoms with Crippen molar-refractivity contribution in [1.29, 1.82) is 0 Å². The van der Waals surface area contributed by atoms with Crippen LogP contribution < -0.4 is 14.9 Å². The number of hydrogen-bond acceptors (Lipinski definition) is 5. The number of benzene rings is 1. The summed E-state index contributed by atoms with van der Waals surface area (Å²) in [6.07, 6.45) is 3.15. The summed E-state index contributed by atoms with van der Waals surface area (Å²) in [4.78, 5) is 0. The maximum Gasteiger partial charge on any atom is 0.162 e. The Bertz CT molecular complexity index is 546. The van der Waals surface area contributed by atoms with Gasteiger partial charge in [0.05, 0.1) is 19.8 Å². The Labute approximate surface area is 122 Å². The number of halogens is 1. The first kappa shape index (κ1) is 14.5. The second-order valence-electron chi connectivity index (χ2n) is 3.96. The van der Waals surface area contributed by atoms with Gasteiger partial charge in [-0.15, -0.1) is 10.2 Å². The SMILES string of the molecule is CCOc1cc(Cl)c(CNn2cnnc2)cc1OCC. The summed E-state index contributed by atoms with van der Waals surface area (Å²) < 4.78 is 12.8. The molecule has 6 nitrogen and oxygen atoms in total. The average Bonchev–Trinajstić information content (AvgIpc) is 2.94. The van der Waals surface area contributed by atoms with Gasteiger partial charge in [-0.1, -0.05) is 11.6 Å². The van der Waals surface area contributed by atoms with E-state index in [1.807, 2.05) is 19.9 Å². The molecule has 0 saturated heterocycles. The van der Waals surface area contributed by atoms with Crippen LogP contribution in [0.15, 0.2) is 24.8 Å². The summed E-state index contributed by atoms with van der Waals surface area (Å²) in [5, 5.41) is 8.05. The third-order valence-electron chi connectivity index (χ3n) is 2.58. The molecule has 1 heterocycles. The highest BCUT2D eigenvalue weighted by molar-refractivity contribution is 6.31. The van der Waals surface area contributed by atoms with Crippen LogP contribution in [0.1, 0.15) is 19.4 Å². The monoisotopic (exact) mass is 296 g/mol. The van der Waals surface area contributed by atoms with Gasteiger partial charge in [0.1, 0.15) is 12.7 Å². The van der Waals surface area contributed by atoms with E-state index in [1.165, 1.54) is 0 Å². The largest absolute Gasteiger partial charge is 0.490 e. The second kappa shape index (κ2) is 7.00. The molecule has 1 N–H and O–H groups in total. The molecule has 2 aromatic rings. The van der Waals surface area contributed by atoms with Crippen LogP contribution in [-0.2, 0) is 6.54 Å². The summed E-state index contributed by atoms with van der Waals surface area (Å²) in [6.45, 7) is 5.52. The van der Waals surface area contributed by atoms with E-state index in [2.05, 4.69) is 15.6 Å². The highest BCUT2D eigenvalue weighted by atomic mass is 35.5. The minimum atomic E-state index is 0.531. The molecule has 0 aliphatic carbocycles. The van der Waals surface area contributed by atoms with Crippen molar-refractivity contribution in [2.75, 3.05) is 18.6 Å². The molecule has 1 aromatic carbocycles. The number of ether oxygens (including phenoxy) is 2. The van der Waals surface area contributed by atoms with Gasteiger partial charge in [-0.2, -0.15) is 0 Å². The molecule has 1 aromatic heterocycles. The number of aromatic nitrogens is 3. The van der Waals surface area contributed by atoms with E-state index in [4.69, 9.17) is 21.1 Å². The Hall–Kier alpha value is -1.95. The van der Waals surface area contributed by atoms with Crippen LogP contribution in [0.5, 0.6) is 11.5 Å². The number of rotatable bonds is 7. The lowest BCUT2D eigenvalue weighted by molar-refractivity contribution is 0.287. The van der Waals surface area contributed by atoms with E-state index in [9.17, 15) is 0 Å². The van der Waals surface area contributed by atoms with Crippen LogP contribution in [-0.4, -0.2) is 28.1 Å². The van der Waals surface area contributed by atoms with Crippen LogP contribution >= 0.6 is 11.6 Å². The van der Waals surface area contributed by atoms with E-state index in [1.54, 1.807) is 23.4 Å². The predicted molar refractivity (Wildman–Crippen MR) is 76.9 cm³/mol. The molecule has 0 saturated carbocycles. The summed E-state index contributed by atoms with van der Waals surface area (Å²) in [5.74, 6) is 1.35. The molecule has 0 amide bonds. The first-order valence-corrected chi connectivity index (χ1v) is 6.78. The molecule has 20 heavy (non-hydrogen) atoms. The molecule has 0 aliphatic heterocycles. The van der Waals surface area contributed by atoms with Crippen LogP contribution in [0.4, 0.5) is 0 Å². The quantitative estimate of drug-likeness (QED) is 0.850. The lowest BCUT2D eigenvalue weighted by Crippen LogP contribution is -2.12. The maximum absolute atomic E-state index is 6.26. The summed E-state index contributed by atoms with van der Waals surface area (Å²) in [7, 11) is 0. The molecule has 108 valence electrons. The van der Waals surface area contributed by atoms with Crippen molar-refractivity contribution in [3.8, 4) is 11.5 Å². The molecule has 7 heteroatoms. The molecule has 0 spiro atoms. The van der Waals surface area contributed by atoms with Gasteiger partial charge in [-0.3, -0.25) is 0 Å². The predicted octanol–water partition coefficient (Wildman–Crippen LogP) is 2.47.